The number of aldehydes is 1. The fourth-order valence-corrected chi connectivity index (χ4v) is 1.54. The molecule has 0 spiro atoms. The molecule has 0 saturated carbocycles. The van der Waals surface area contributed by atoms with Crippen LogP contribution < -0.4 is 10.2 Å². The highest BCUT2D eigenvalue weighted by Gasteiger charge is 2.31. The Kier molecular flexibility index (Phi) is 2.47. The van der Waals surface area contributed by atoms with Crippen molar-refractivity contribution >= 4 is 24.0 Å². The molecule has 1 aliphatic heterocycles. The predicted molar refractivity (Wildman–Crippen MR) is 54.1 cm³/mol. The molecule has 0 aliphatic carbocycles. The molecule has 0 radical (unpaired) electrons. The van der Waals surface area contributed by atoms with E-state index in [1.165, 1.54) is 11.0 Å². The molecule has 1 saturated heterocycles. The summed E-state index contributed by atoms with van der Waals surface area (Å²) in [4.78, 5) is 34.5. The first kappa shape index (κ1) is 10.4. The van der Waals surface area contributed by atoms with E-state index in [2.05, 4.69) is 5.32 Å². The van der Waals surface area contributed by atoms with E-state index in [9.17, 15) is 14.4 Å². The largest absolute Gasteiger partial charge is 0.438 e. The van der Waals surface area contributed by atoms with Crippen LogP contribution in [0.4, 0.5) is 5.88 Å². The summed E-state index contributed by atoms with van der Waals surface area (Å²) in [7, 11) is 0. The zero-order valence-corrected chi connectivity index (χ0v) is 8.60. The summed E-state index contributed by atoms with van der Waals surface area (Å²) in [6, 6.07) is 2.56. The van der Waals surface area contributed by atoms with Gasteiger partial charge in [0.1, 0.15) is 12.6 Å². The van der Waals surface area contributed by atoms with E-state index >= 15 is 0 Å². The van der Waals surface area contributed by atoms with Gasteiger partial charge in [-0.25, -0.2) is 0 Å². The van der Waals surface area contributed by atoms with E-state index in [0.29, 0.717) is 12.2 Å². The molecule has 1 unspecified atom stereocenters. The van der Waals surface area contributed by atoms with Gasteiger partial charge in [-0.2, -0.15) is 0 Å². The van der Waals surface area contributed by atoms with Crippen LogP contribution in [0, 0.1) is 0 Å². The van der Waals surface area contributed by atoms with Crippen molar-refractivity contribution in [3.8, 4) is 0 Å². The number of amides is 2. The molecule has 0 bridgehead atoms. The Bertz CT molecular complexity index is 451. The maximum absolute atomic E-state index is 11.4. The number of carbonyl (C=O) groups excluding carboxylic acids is 3. The van der Waals surface area contributed by atoms with Crippen LogP contribution in [-0.2, 0) is 9.59 Å². The second kappa shape index (κ2) is 3.80. The van der Waals surface area contributed by atoms with Crippen molar-refractivity contribution in [3.05, 3.63) is 17.9 Å². The fraction of sp³-hybridized carbons (Fsp3) is 0.300. The number of imide groups is 1. The Morgan fingerprint density at radius 3 is 2.88 bits per heavy atom. The summed E-state index contributed by atoms with van der Waals surface area (Å²) in [6.07, 6.45) is 0.569. The van der Waals surface area contributed by atoms with Gasteiger partial charge in [-0.3, -0.25) is 19.7 Å². The third-order valence-corrected chi connectivity index (χ3v) is 2.44. The van der Waals surface area contributed by atoms with Gasteiger partial charge in [-0.15, -0.1) is 0 Å². The molecule has 2 heterocycles. The standard InChI is InChI=1S/C10H10N2O4/c1-6-10(15)11-8(14)4-12(6)9-3-2-7(5-13)16-9/h2-3,5-6H,4H2,1H3,(H,11,14,15). The summed E-state index contributed by atoms with van der Waals surface area (Å²) in [6.45, 7) is 1.70. The first-order valence-corrected chi connectivity index (χ1v) is 4.77. The fourth-order valence-electron chi connectivity index (χ4n) is 1.54. The normalized spacial score (nSPS) is 20.8. The minimum Gasteiger partial charge on any atom is -0.438 e. The lowest BCUT2D eigenvalue weighted by Crippen LogP contribution is -2.57. The minimum atomic E-state index is -0.497. The van der Waals surface area contributed by atoms with Crippen molar-refractivity contribution in [1.82, 2.24) is 5.32 Å². The molecule has 1 fully saturated rings. The van der Waals surface area contributed by atoms with E-state index in [-0.39, 0.29) is 24.1 Å². The van der Waals surface area contributed by atoms with Crippen LogP contribution in [0.15, 0.2) is 16.5 Å². The SMILES string of the molecule is CC1C(=O)NC(=O)CN1c1ccc(C=O)o1. The number of piperazine rings is 1. The third-order valence-electron chi connectivity index (χ3n) is 2.44. The second-order valence-corrected chi connectivity index (χ2v) is 3.51. The first-order chi connectivity index (χ1) is 7.61. The quantitative estimate of drug-likeness (QED) is 0.560. The lowest BCUT2D eigenvalue weighted by Gasteiger charge is -2.31. The highest BCUT2D eigenvalue weighted by atomic mass is 16.4. The van der Waals surface area contributed by atoms with E-state index < -0.39 is 6.04 Å². The van der Waals surface area contributed by atoms with Gasteiger partial charge >= 0.3 is 0 Å². The molecule has 1 N–H and O–H groups in total. The van der Waals surface area contributed by atoms with Gasteiger partial charge < -0.3 is 9.32 Å². The summed E-state index contributed by atoms with van der Waals surface area (Å²) in [5, 5.41) is 2.22. The summed E-state index contributed by atoms with van der Waals surface area (Å²) in [5.74, 6) is -0.245. The van der Waals surface area contributed by atoms with Crippen LogP contribution in [0.3, 0.4) is 0 Å². The maximum atomic E-state index is 11.4. The topological polar surface area (TPSA) is 79.6 Å². The predicted octanol–water partition coefficient (Wildman–Crippen LogP) is -0.0566. The van der Waals surface area contributed by atoms with Crippen molar-refractivity contribution in [1.29, 1.82) is 0 Å². The Balaban J connectivity index is 2.27. The Hall–Kier alpha value is -2.11. The van der Waals surface area contributed by atoms with Crippen LogP contribution in [0.2, 0.25) is 0 Å². The number of hydrogen-bond acceptors (Lipinski definition) is 5. The van der Waals surface area contributed by atoms with Gasteiger partial charge in [-0.1, -0.05) is 0 Å². The van der Waals surface area contributed by atoms with Crippen molar-refractivity contribution in [3.63, 3.8) is 0 Å². The molecule has 6 nitrogen and oxygen atoms in total. The Morgan fingerprint density at radius 2 is 2.25 bits per heavy atom. The average Bonchev–Trinajstić information content (AvgIpc) is 2.71. The zero-order valence-electron chi connectivity index (χ0n) is 8.60. The third kappa shape index (κ3) is 1.69. The van der Waals surface area contributed by atoms with Crippen molar-refractivity contribution in [2.24, 2.45) is 0 Å². The van der Waals surface area contributed by atoms with Crippen molar-refractivity contribution in [2.45, 2.75) is 13.0 Å². The summed E-state index contributed by atoms with van der Waals surface area (Å²) in [5.41, 5.74) is 0. The molecule has 1 aliphatic rings. The molecule has 84 valence electrons. The number of carbonyl (C=O) groups is 3. The highest BCUT2D eigenvalue weighted by Crippen LogP contribution is 2.21. The maximum Gasteiger partial charge on any atom is 0.249 e. The van der Waals surface area contributed by atoms with E-state index in [0.717, 1.165) is 0 Å². The Morgan fingerprint density at radius 1 is 1.50 bits per heavy atom. The zero-order chi connectivity index (χ0) is 11.7. The van der Waals surface area contributed by atoms with E-state index in [1.807, 2.05) is 0 Å². The van der Waals surface area contributed by atoms with Crippen LogP contribution in [-0.4, -0.2) is 30.7 Å². The lowest BCUT2D eigenvalue weighted by atomic mass is 10.2. The molecule has 1 aromatic heterocycles. The smallest absolute Gasteiger partial charge is 0.249 e. The molecular weight excluding hydrogens is 212 g/mol. The van der Waals surface area contributed by atoms with Crippen LogP contribution in [0.1, 0.15) is 17.5 Å². The van der Waals surface area contributed by atoms with E-state index in [4.69, 9.17) is 4.42 Å². The molecule has 0 aromatic carbocycles. The Labute approximate surface area is 91.2 Å². The van der Waals surface area contributed by atoms with Crippen molar-refractivity contribution < 1.29 is 18.8 Å². The van der Waals surface area contributed by atoms with Crippen LogP contribution in [0.5, 0.6) is 0 Å². The van der Waals surface area contributed by atoms with E-state index in [1.54, 1.807) is 13.0 Å². The average molecular weight is 222 g/mol. The van der Waals surface area contributed by atoms with Crippen LogP contribution in [0.25, 0.3) is 0 Å². The van der Waals surface area contributed by atoms with Crippen molar-refractivity contribution in [2.75, 3.05) is 11.4 Å². The monoisotopic (exact) mass is 222 g/mol. The minimum absolute atomic E-state index is 0.0404. The summed E-state index contributed by atoms with van der Waals surface area (Å²) < 4.78 is 5.16. The number of rotatable bonds is 2. The highest BCUT2D eigenvalue weighted by molar-refractivity contribution is 6.04. The molecule has 6 heteroatoms. The first-order valence-electron chi connectivity index (χ1n) is 4.77. The number of hydrogen-bond donors (Lipinski definition) is 1. The second-order valence-electron chi connectivity index (χ2n) is 3.51. The molecule has 16 heavy (non-hydrogen) atoms. The van der Waals surface area contributed by atoms with Gasteiger partial charge in [0.2, 0.25) is 11.8 Å². The van der Waals surface area contributed by atoms with Crippen LogP contribution >= 0.6 is 0 Å². The number of nitrogens with one attached hydrogen (secondary N) is 1. The lowest BCUT2D eigenvalue weighted by molar-refractivity contribution is -0.132. The number of nitrogens with zero attached hydrogens (tertiary/aromatic N) is 1. The van der Waals surface area contributed by atoms with Gasteiger partial charge in [0, 0.05) is 6.07 Å². The van der Waals surface area contributed by atoms with Gasteiger partial charge in [0.05, 0.1) is 0 Å². The van der Waals surface area contributed by atoms with Gasteiger partial charge in [0.15, 0.2) is 17.9 Å². The number of anilines is 1. The molecular formula is C10H10N2O4. The number of furan rings is 1. The molecule has 2 rings (SSSR count). The van der Waals surface area contributed by atoms with Gasteiger partial charge in [0.25, 0.3) is 0 Å². The molecule has 1 aromatic rings. The molecule has 2 amide bonds. The van der Waals surface area contributed by atoms with Gasteiger partial charge in [-0.05, 0) is 13.0 Å². The molecule has 1 atom stereocenters. The summed E-state index contributed by atoms with van der Waals surface area (Å²) >= 11 is 0.